The van der Waals surface area contributed by atoms with Crippen LogP contribution in [0, 0.1) is 17.2 Å². The molecule has 2 saturated heterocycles. The Kier molecular flexibility index (Phi) is 4.59. The molecule has 0 aliphatic carbocycles. The lowest BCUT2D eigenvalue weighted by molar-refractivity contribution is 0.00493. The normalized spacial score (nSPS) is 22.1. The molecule has 3 heterocycles. The van der Waals surface area contributed by atoms with E-state index < -0.39 is 0 Å². The molecule has 5 heteroatoms. The summed E-state index contributed by atoms with van der Waals surface area (Å²) >= 11 is 0. The summed E-state index contributed by atoms with van der Waals surface area (Å²) in [6.07, 6.45) is 3.41. The second kappa shape index (κ2) is 6.61. The van der Waals surface area contributed by atoms with E-state index in [9.17, 15) is 0 Å². The van der Waals surface area contributed by atoms with Crippen molar-refractivity contribution in [3.63, 3.8) is 0 Å². The van der Waals surface area contributed by atoms with E-state index in [2.05, 4.69) is 9.80 Å². The molecule has 0 atom stereocenters. The molecule has 1 aromatic rings. The molecule has 0 unspecified atom stereocenters. The van der Waals surface area contributed by atoms with Gasteiger partial charge in [0.1, 0.15) is 11.8 Å². The van der Waals surface area contributed by atoms with E-state index in [4.69, 9.17) is 14.8 Å². The van der Waals surface area contributed by atoms with Crippen molar-refractivity contribution in [3.05, 3.63) is 23.7 Å². The lowest BCUT2D eigenvalue weighted by Crippen LogP contribution is -2.60. The van der Waals surface area contributed by atoms with Gasteiger partial charge in [-0.2, -0.15) is 5.26 Å². The molecule has 0 aromatic carbocycles. The van der Waals surface area contributed by atoms with Gasteiger partial charge in [0, 0.05) is 25.7 Å². The average Bonchev–Trinajstić information content (AvgIpc) is 2.92. The molecule has 0 bridgehead atoms. The monoisotopic (exact) mass is 289 g/mol. The van der Waals surface area contributed by atoms with Crippen LogP contribution in [-0.4, -0.2) is 53.7 Å². The summed E-state index contributed by atoms with van der Waals surface area (Å²) in [6.45, 7) is 5.65. The van der Waals surface area contributed by atoms with Gasteiger partial charge in [-0.3, -0.25) is 9.80 Å². The predicted octanol–water partition coefficient (Wildman–Crippen LogP) is 1.43. The number of piperidine rings is 1. The van der Waals surface area contributed by atoms with Crippen molar-refractivity contribution in [1.29, 1.82) is 5.26 Å². The van der Waals surface area contributed by atoms with Crippen LogP contribution in [0.2, 0.25) is 0 Å². The highest BCUT2D eigenvalue weighted by Gasteiger charge is 2.33. The van der Waals surface area contributed by atoms with Crippen molar-refractivity contribution in [3.8, 4) is 6.07 Å². The fraction of sp³-hybridized carbons (Fsp3) is 0.688. The molecule has 0 saturated carbocycles. The van der Waals surface area contributed by atoms with Crippen molar-refractivity contribution < 1.29 is 9.52 Å². The molecule has 0 spiro atoms. The van der Waals surface area contributed by atoms with Crippen molar-refractivity contribution in [1.82, 2.24) is 9.80 Å². The summed E-state index contributed by atoms with van der Waals surface area (Å²) in [5, 5.41) is 17.7. The molecule has 0 amide bonds. The minimum Gasteiger partial charge on any atom is -0.449 e. The SMILES string of the molecule is N#Cc1ccc(CN2CC(N3CCC(CCO)CC3)C2)o1. The lowest BCUT2D eigenvalue weighted by Gasteiger charge is -2.47. The molecule has 2 fully saturated rings. The highest BCUT2D eigenvalue weighted by molar-refractivity contribution is 5.19. The number of furan rings is 1. The van der Waals surface area contributed by atoms with Crippen LogP contribution in [0.4, 0.5) is 0 Å². The third-order valence-corrected chi connectivity index (χ3v) is 4.79. The first-order valence-electron chi connectivity index (χ1n) is 7.84. The van der Waals surface area contributed by atoms with Crippen LogP contribution in [0.5, 0.6) is 0 Å². The number of nitrogens with zero attached hydrogens (tertiary/aromatic N) is 3. The number of aliphatic hydroxyl groups is 1. The maximum absolute atomic E-state index is 9.00. The van der Waals surface area contributed by atoms with Crippen LogP contribution in [-0.2, 0) is 6.54 Å². The summed E-state index contributed by atoms with van der Waals surface area (Å²) in [6, 6.07) is 6.32. The molecule has 1 aromatic heterocycles. The number of aliphatic hydroxyl groups excluding tert-OH is 1. The van der Waals surface area contributed by atoms with E-state index in [1.54, 1.807) is 6.07 Å². The zero-order chi connectivity index (χ0) is 14.7. The summed E-state index contributed by atoms with van der Waals surface area (Å²) in [5.74, 6) is 2.00. The largest absolute Gasteiger partial charge is 0.449 e. The Hall–Kier alpha value is -1.35. The van der Waals surface area contributed by atoms with Crippen molar-refractivity contribution in [2.45, 2.75) is 31.8 Å². The molecule has 114 valence electrons. The number of nitriles is 1. The predicted molar refractivity (Wildman–Crippen MR) is 78.5 cm³/mol. The van der Waals surface area contributed by atoms with Crippen LogP contribution in [0.15, 0.2) is 16.5 Å². The smallest absolute Gasteiger partial charge is 0.203 e. The van der Waals surface area contributed by atoms with Crippen LogP contribution in [0.1, 0.15) is 30.8 Å². The van der Waals surface area contributed by atoms with E-state index in [0.29, 0.717) is 18.4 Å². The summed E-state index contributed by atoms with van der Waals surface area (Å²) in [7, 11) is 0. The van der Waals surface area contributed by atoms with Crippen LogP contribution in [0.25, 0.3) is 0 Å². The number of rotatable bonds is 5. The fourth-order valence-corrected chi connectivity index (χ4v) is 3.44. The topological polar surface area (TPSA) is 63.6 Å². The van der Waals surface area contributed by atoms with E-state index in [1.807, 2.05) is 12.1 Å². The third kappa shape index (κ3) is 3.46. The zero-order valence-electron chi connectivity index (χ0n) is 12.4. The van der Waals surface area contributed by atoms with E-state index in [0.717, 1.165) is 37.7 Å². The Morgan fingerprint density at radius 1 is 1.29 bits per heavy atom. The van der Waals surface area contributed by atoms with Gasteiger partial charge in [-0.05, 0) is 50.4 Å². The summed E-state index contributed by atoms with van der Waals surface area (Å²) in [4.78, 5) is 4.96. The molecular formula is C16H23N3O2. The van der Waals surface area contributed by atoms with Crippen LogP contribution < -0.4 is 0 Å². The highest BCUT2D eigenvalue weighted by atomic mass is 16.3. The quantitative estimate of drug-likeness (QED) is 0.888. The first kappa shape index (κ1) is 14.6. The maximum atomic E-state index is 9.00. The van der Waals surface area contributed by atoms with Gasteiger partial charge < -0.3 is 9.52 Å². The lowest BCUT2D eigenvalue weighted by atomic mass is 9.92. The van der Waals surface area contributed by atoms with E-state index >= 15 is 0 Å². The Labute approximate surface area is 125 Å². The van der Waals surface area contributed by atoms with Gasteiger partial charge in [0.25, 0.3) is 0 Å². The maximum Gasteiger partial charge on any atom is 0.203 e. The second-order valence-electron chi connectivity index (χ2n) is 6.22. The molecule has 2 aliphatic rings. The minimum absolute atomic E-state index is 0.329. The van der Waals surface area contributed by atoms with Gasteiger partial charge in [-0.25, -0.2) is 0 Å². The van der Waals surface area contributed by atoms with Crippen molar-refractivity contribution in [2.75, 3.05) is 32.8 Å². The zero-order valence-corrected chi connectivity index (χ0v) is 12.4. The van der Waals surface area contributed by atoms with Gasteiger partial charge in [-0.15, -0.1) is 0 Å². The number of hydrogen-bond donors (Lipinski definition) is 1. The fourth-order valence-electron chi connectivity index (χ4n) is 3.44. The Balaban J connectivity index is 1.39. The molecule has 2 aliphatic heterocycles. The van der Waals surface area contributed by atoms with Crippen molar-refractivity contribution in [2.24, 2.45) is 5.92 Å². The third-order valence-electron chi connectivity index (χ3n) is 4.79. The summed E-state index contributed by atoms with van der Waals surface area (Å²) in [5.41, 5.74) is 0. The number of hydrogen-bond acceptors (Lipinski definition) is 5. The Morgan fingerprint density at radius 3 is 2.67 bits per heavy atom. The standard InChI is InChI=1S/C16H23N3O2/c17-9-15-1-2-16(21-15)12-18-10-14(11-18)19-6-3-13(4-7-19)5-8-20/h1-2,13-14,20H,3-8,10-12H2. The first-order valence-corrected chi connectivity index (χ1v) is 7.84. The van der Waals surface area contributed by atoms with Gasteiger partial charge in [0.05, 0.1) is 6.54 Å². The van der Waals surface area contributed by atoms with Gasteiger partial charge in [0.15, 0.2) is 0 Å². The van der Waals surface area contributed by atoms with Gasteiger partial charge >= 0.3 is 0 Å². The molecule has 0 radical (unpaired) electrons. The highest BCUT2D eigenvalue weighted by Crippen LogP contribution is 2.25. The van der Waals surface area contributed by atoms with Gasteiger partial charge in [0.2, 0.25) is 5.76 Å². The average molecular weight is 289 g/mol. The minimum atomic E-state index is 0.329. The summed E-state index contributed by atoms with van der Waals surface area (Å²) < 4.78 is 5.42. The van der Waals surface area contributed by atoms with Crippen LogP contribution >= 0.6 is 0 Å². The molecule has 21 heavy (non-hydrogen) atoms. The molecule has 3 rings (SSSR count). The van der Waals surface area contributed by atoms with E-state index in [1.165, 1.54) is 25.9 Å². The first-order chi connectivity index (χ1) is 10.3. The number of likely N-dealkylation sites (tertiary alicyclic amines) is 2. The van der Waals surface area contributed by atoms with E-state index in [-0.39, 0.29) is 0 Å². The molecule has 1 N–H and O–H groups in total. The second-order valence-corrected chi connectivity index (χ2v) is 6.22. The molecular weight excluding hydrogens is 266 g/mol. The van der Waals surface area contributed by atoms with Gasteiger partial charge in [-0.1, -0.05) is 0 Å². The Bertz CT molecular complexity index is 494. The molecule has 5 nitrogen and oxygen atoms in total. The van der Waals surface area contributed by atoms with Crippen LogP contribution in [0.3, 0.4) is 0 Å². The Morgan fingerprint density at radius 2 is 2.05 bits per heavy atom. The van der Waals surface area contributed by atoms with Crippen molar-refractivity contribution >= 4 is 0 Å².